The number of rotatable bonds is 2. The fraction of sp³-hybridized carbons (Fsp3) is 0. The molecule has 4 rings (SSSR count). The summed E-state index contributed by atoms with van der Waals surface area (Å²) in [5.41, 5.74) is 3.12. The summed E-state index contributed by atoms with van der Waals surface area (Å²) in [5.74, 6) is 0.831. The Hall–Kier alpha value is -2.94. The summed E-state index contributed by atoms with van der Waals surface area (Å²) in [5, 5.41) is 5.57. The highest BCUT2D eigenvalue weighted by Crippen LogP contribution is 2.20. The first-order valence-electron chi connectivity index (χ1n) is 6.87. The molecule has 2 aromatic heterocycles. The second-order valence-corrected chi connectivity index (χ2v) is 4.86. The van der Waals surface area contributed by atoms with Crippen molar-refractivity contribution in [2.75, 3.05) is 0 Å². The van der Waals surface area contributed by atoms with Crippen LogP contribution in [0.4, 0.5) is 0 Å². The molecule has 0 aliphatic carbocycles. The van der Waals surface area contributed by atoms with E-state index in [1.807, 2.05) is 59.4 Å². The second kappa shape index (κ2) is 4.87. The van der Waals surface area contributed by atoms with Gasteiger partial charge >= 0.3 is 0 Å². The zero-order valence-corrected chi connectivity index (χ0v) is 11.3. The smallest absolute Gasteiger partial charge is 0.154 e. The lowest BCUT2D eigenvalue weighted by Gasteiger charge is -2.06. The molecule has 0 N–H and O–H groups in total. The van der Waals surface area contributed by atoms with Crippen molar-refractivity contribution in [3.63, 3.8) is 0 Å². The summed E-state index contributed by atoms with van der Waals surface area (Å²) in [6, 6.07) is 24.3. The summed E-state index contributed by atoms with van der Waals surface area (Å²) >= 11 is 0. The lowest BCUT2D eigenvalue weighted by atomic mass is 10.1. The Labute approximate surface area is 122 Å². The van der Waals surface area contributed by atoms with Crippen molar-refractivity contribution in [2.45, 2.75) is 0 Å². The molecule has 0 bridgehead atoms. The van der Waals surface area contributed by atoms with Crippen LogP contribution in [0.5, 0.6) is 0 Å². The van der Waals surface area contributed by atoms with Crippen LogP contribution in [-0.2, 0) is 0 Å². The van der Waals surface area contributed by atoms with Crippen molar-refractivity contribution >= 4 is 10.9 Å². The van der Waals surface area contributed by atoms with Crippen LogP contribution in [0.25, 0.3) is 28.0 Å². The summed E-state index contributed by atoms with van der Waals surface area (Å²) in [6.07, 6.45) is 1.87. The van der Waals surface area contributed by atoms with Crippen LogP contribution >= 0.6 is 0 Å². The molecule has 2 aromatic carbocycles. The van der Waals surface area contributed by atoms with Gasteiger partial charge in [0.15, 0.2) is 5.82 Å². The quantitative estimate of drug-likeness (QED) is 0.550. The van der Waals surface area contributed by atoms with Gasteiger partial charge < -0.3 is 0 Å². The average molecular weight is 271 g/mol. The first-order chi connectivity index (χ1) is 10.4. The minimum Gasteiger partial charge on any atom is -0.229 e. The molecule has 0 fully saturated rings. The molecule has 0 saturated carbocycles. The largest absolute Gasteiger partial charge is 0.229 e. The highest BCUT2D eigenvalue weighted by Gasteiger charge is 2.06. The van der Waals surface area contributed by atoms with E-state index >= 15 is 0 Å². The number of benzene rings is 2. The highest BCUT2D eigenvalue weighted by atomic mass is 15.3. The third-order valence-electron chi connectivity index (χ3n) is 3.50. The summed E-state index contributed by atoms with van der Waals surface area (Å²) in [4.78, 5) is 4.74. The lowest BCUT2D eigenvalue weighted by molar-refractivity contribution is 0.876. The fourth-order valence-electron chi connectivity index (χ4n) is 2.47. The van der Waals surface area contributed by atoms with Gasteiger partial charge in [-0.2, -0.15) is 5.10 Å². The maximum absolute atomic E-state index is 4.74. The van der Waals surface area contributed by atoms with Crippen molar-refractivity contribution in [3.8, 4) is 17.1 Å². The Morgan fingerprint density at radius 2 is 1.52 bits per heavy atom. The number of para-hydroxylation sites is 1. The fourth-order valence-corrected chi connectivity index (χ4v) is 2.47. The van der Waals surface area contributed by atoms with Crippen molar-refractivity contribution in [1.82, 2.24) is 14.8 Å². The van der Waals surface area contributed by atoms with E-state index in [1.54, 1.807) is 0 Å². The number of hydrogen-bond donors (Lipinski definition) is 0. The summed E-state index contributed by atoms with van der Waals surface area (Å²) < 4.78 is 1.88. The van der Waals surface area contributed by atoms with Crippen LogP contribution < -0.4 is 0 Å². The molecule has 4 aromatic rings. The molecular weight excluding hydrogens is 258 g/mol. The molecule has 0 radical (unpaired) electrons. The Kier molecular flexibility index (Phi) is 2.75. The number of hydrogen-bond acceptors (Lipinski definition) is 2. The van der Waals surface area contributed by atoms with Gasteiger partial charge in [-0.25, -0.2) is 9.67 Å². The minimum atomic E-state index is 0.831. The van der Waals surface area contributed by atoms with Crippen molar-refractivity contribution in [2.24, 2.45) is 0 Å². The standard InChI is InChI=1S/C18H13N3/c1-2-7-14(8-3-1)16-10-6-12-18(20-16)21-17-11-5-4-9-15(17)13-19-21/h1-13H. The van der Waals surface area contributed by atoms with E-state index < -0.39 is 0 Å². The van der Waals surface area contributed by atoms with Crippen LogP contribution in [-0.4, -0.2) is 14.8 Å². The van der Waals surface area contributed by atoms with Gasteiger partial charge in [0.05, 0.1) is 17.4 Å². The van der Waals surface area contributed by atoms with Crippen LogP contribution in [0.2, 0.25) is 0 Å². The zero-order chi connectivity index (χ0) is 14.1. The summed E-state index contributed by atoms with van der Waals surface area (Å²) in [7, 11) is 0. The lowest BCUT2D eigenvalue weighted by Crippen LogP contribution is -1.99. The topological polar surface area (TPSA) is 30.7 Å². The Bertz CT molecular complexity index is 894. The monoisotopic (exact) mass is 271 g/mol. The van der Waals surface area contributed by atoms with Crippen LogP contribution in [0, 0.1) is 0 Å². The zero-order valence-electron chi connectivity index (χ0n) is 11.3. The van der Waals surface area contributed by atoms with Gasteiger partial charge in [0.2, 0.25) is 0 Å². The first kappa shape index (κ1) is 11.9. The SMILES string of the molecule is c1ccc(-c2cccc(-n3ncc4ccccc43)n2)cc1. The second-order valence-electron chi connectivity index (χ2n) is 4.86. The molecule has 0 amide bonds. The number of pyridine rings is 1. The molecule has 0 unspecified atom stereocenters. The van der Waals surface area contributed by atoms with Crippen LogP contribution in [0.3, 0.4) is 0 Å². The maximum Gasteiger partial charge on any atom is 0.154 e. The number of nitrogens with zero attached hydrogens (tertiary/aromatic N) is 3. The number of aromatic nitrogens is 3. The van der Waals surface area contributed by atoms with Gasteiger partial charge in [0.25, 0.3) is 0 Å². The van der Waals surface area contributed by atoms with Crippen molar-refractivity contribution < 1.29 is 0 Å². The van der Waals surface area contributed by atoms with Gasteiger partial charge in [-0.15, -0.1) is 0 Å². The van der Waals surface area contributed by atoms with E-state index in [9.17, 15) is 0 Å². The number of fused-ring (bicyclic) bond motifs is 1. The van der Waals surface area contributed by atoms with E-state index in [0.717, 1.165) is 28.0 Å². The Morgan fingerprint density at radius 1 is 0.714 bits per heavy atom. The molecule has 0 spiro atoms. The van der Waals surface area contributed by atoms with Crippen LogP contribution in [0.15, 0.2) is 79.0 Å². The van der Waals surface area contributed by atoms with Crippen molar-refractivity contribution in [3.05, 3.63) is 79.0 Å². The van der Waals surface area contributed by atoms with E-state index in [4.69, 9.17) is 4.98 Å². The van der Waals surface area contributed by atoms with Gasteiger partial charge in [-0.3, -0.25) is 0 Å². The average Bonchev–Trinajstić information content (AvgIpc) is 3.00. The molecule has 2 heterocycles. The highest BCUT2D eigenvalue weighted by molar-refractivity contribution is 5.79. The predicted octanol–water partition coefficient (Wildman–Crippen LogP) is 4.09. The van der Waals surface area contributed by atoms with E-state index in [1.165, 1.54) is 0 Å². The van der Waals surface area contributed by atoms with Gasteiger partial charge in [-0.05, 0) is 18.2 Å². The molecule has 0 atom stereocenters. The molecule has 100 valence electrons. The van der Waals surface area contributed by atoms with Crippen molar-refractivity contribution in [1.29, 1.82) is 0 Å². The molecule has 0 aliphatic rings. The first-order valence-corrected chi connectivity index (χ1v) is 6.87. The Morgan fingerprint density at radius 3 is 2.43 bits per heavy atom. The molecule has 3 nitrogen and oxygen atoms in total. The van der Waals surface area contributed by atoms with Crippen LogP contribution in [0.1, 0.15) is 0 Å². The van der Waals surface area contributed by atoms with Gasteiger partial charge in [0, 0.05) is 10.9 Å². The van der Waals surface area contributed by atoms with E-state index in [0.29, 0.717) is 0 Å². The normalized spacial score (nSPS) is 10.9. The molecule has 21 heavy (non-hydrogen) atoms. The predicted molar refractivity (Wildman–Crippen MR) is 84.3 cm³/mol. The third-order valence-corrected chi connectivity index (χ3v) is 3.50. The van der Waals surface area contributed by atoms with E-state index in [-0.39, 0.29) is 0 Å². The molecular formula is C18H13N3. The maximum atomic E-state index is 4.74. The molecule has 0 aliphatic heterocycles. The van der Waals surface area contributed by atoms with Gasteiger partial charge in [0.1, 0.15) is 0 Å². The van der Waals surface area contributed by atoms with Gasteiger partial charge in [-0.1, -0.05) is 54.6 Å². The minimum absolute atomic E-state index is 0.831. The summed E-state index contributed by atoms with van der Waals surface area (Å²) in [6.45, 7) is 0. The molecule has 0 saturated heterocycles. The Balaban J connectivity index is 1.87. The third kappa shape index (κ3) is 2.09. The molecule has 3 heteroatoms. The van der Waals surface area contributed by atoms with E-state index in [2.05, 4.69) is 29.4 Å².